The lowest BCUT2D eigenvalue weighted by Crippen LogP contribution is -2.48. The largest absolute Gasteiger partial charge is 0.368 e. The number of carbonyl (C=O) groups is 2. The van der Waals surface area contributed by atoms with E-state index in [-0.39, 0.29) is 11.8 Å². The Morgan fingerprint density at radius 1 is 0.903 bits per heavy atom. The van der Waals surface area contributed by atoms with Crippen LogP contribution >= 0.6 is 11.3 Å². The van der Waals surface area contributed by atoms with Crippen molar-refractivity contribution in [1.29, 1.82) is 0 Å². The van der Waals surface area contributed by atoms with Gasteiger partial charge in [0.25, 0.3) is 11.8 Å². The van der Waals surface area contributed by atoms with Gasteiger partial charge in [0.15, 0.2) is 0 Å². The van der Waals surface area contributed by atoms with Crippen molar-refractivity contribution in [3.05, 3.63) is 57.4 Å². The first-order chi connectivity index (χ1) is 15.0. The Labute approximate surface area is 189 Å². The maximum atomic E-state index is 13.4. The van der Waals surface area contributed by atoms with Gasteiger partial charge in [-0.3, -0.25) is 14.5 Å². The maximum absolute atomic E-state index is 13.4. The molecule has 0 radical (unpaired) electrons. The third kappa shape index (κ3) is 4.13. The Morgan fingerprint density at radius 2 is 1.65 bits per heavy atom. The zero-order valence-corrected chi connectivity index (χ0v) is 19.5. The summed E-state index contributed by atoms with van der Waals surface area (Å²) < 4.78 is 0. The molecule has 0 saturated carbocycles. The molecule has 2 aromatic rings. The van der Waals surface area contributed by atoms with Gasteiger partial charge >= 0.3 is 0 Å². The lowest BCUT2D eigenvalue weighted by Gasteiger charge is -2.38. The van der Waals surface area contributed by atoms with Crippen molar-refractivity contribution in [2.45, 2.75) is 40.0 Å². The molecule has 6 heteroatoms. The quantitative estimate of drug-likeness (QED) is 0.474. The number of aryl methyl sites for hydroxylation is 1. The number of amides is 2. The van der Waals surface area contributed by atoms with E-state index in [1.165, 1.54) is 33.1 Å². The number of benzene rings is 1. The lowest BCUT2D eigenvalue weighted by atomic mass is 10.1. The molecule has 1 saturated heterocycles. The van der Waals surface area contributed by atoms with Crippen molar-refractivity contribution >= 4 is 34.4 Å². The molecule has 0 bridgehead atoms. The second kappa shape index (κ2) is 9.27. The summed E-state index contributed by atoms with van der Waals surface area (Å²) in [5.74, 6) is -0.250. The van der Waals surface area contributed by atoms with Crippen LogP contribution in [0.25, 0.3) is 5.57 Å². The number of carbonyl (C=O) groups excluding carboxylic acids is 2. The van der Waals surface area contributed by atoms with E-state index in [1.807, 2.05) is 17.5 Å². The molecule has 2 amide bonds. The van der Waals surface area contributed by atoms with E-state index < -0.39 is 0 Å². The molecule has 3 heterocycles. The minimum Gasteiger partial charge on any atom is -0.368 e. The first-order valence-corrected chi connectivity index (χ1v) is 12.1. The highest BCUT2D eigenvalue weighted by molar-refractivity contribution is 7.11. The molecule has 0 spiro atoms. The standard InChI is InChI=1S/C25H31N3O2S/c1-4-5-6-12-28-24(29)22(21-11-8-17-31-21)23(25(28)30)27-15-13-26(14-16-27)20-10-7-9-18(2)19(20)3/h7-11,17H,4-6,12-16H2,1-3H3. The van der Waals surface area contributed by atoms with Crippen LogP contribution in [0, 0.1) is 13.8 Å². The van der Waals surface area contributed by atoms with Crippen molar-refractivity contribution in [2.75, 3.05) is 37.6 Å². The van der Waals surface area contributed by atoms with E-state index in [4.69, 9.17) is 0 Å². The number of unbranched alkanes of at least 4 members (excludes halogenated alkanes) is 2. The van der Waals surface area contributed by atoms with E-state index in [9.17, 15) is 9.59 Å². The molecule has 0 atom stereocenters. The average molecular weight is 438 g/mol. The van der Waals surface area contributed by atoms with Crippen LogP contribution in [0.3, 0.4) is 0 Å². The highest BCUT2D eigenvalue weighted by atomic mass is 32.1. The SMILES string of the molecule is CCCCCN1C(=O)C(c2cccs2)=C(N2CCN(c3cccc(C)c3C)CC2)C1=O. The van der Waals surface area contributed by atoms with Gasteiger partial charge in [-0.1, -0.05) is 38.0 Å². The molecule has 31 heavy (non-hydrogen) atoms. The predicted molar refractivity (Wildman–Crippen MR) is 127 cm³/mol. The van der Waals surface area contributed by atoms with Crippen molar-refractivity contribution in [3.63, 3.8) is 0 Å². The van der Waals surface area contributed by atoms with Crippen LogP contribution in [0.1, 0.15) is 42.2 Å². The zero-order valence-electron chi connectivity index (χ0n) is 18.7. The highest BCUT2D eigenvalue weighted by Crippen LogP contribution is 2.35. The van der Waals surface area contributed by atoms with Crippen LogP contribution in [-0.2, 0) is 9.59 Å². The fourth-order valence-corrected chi connectivity index (χ4v) is 5.23. The number of imide groups is 1. The van der Waals surface area contributed by atoms with Gasteiger partial charge in [-0.05, 0) is 48.9 Å². The lowest BCUT2D eigenvalue weighted by molar-refractivity contribution is -0.137. The number of nitrogens with zero attached hydrogens (tertiary/aromatic N) is 3. The molecule has 1 aromatic heterocycles. The average Bonchev–Trinajstić information content (AvgIpc) is 3.38. The van der Waals surface area contributed by atoms with Crippen LogP contribution in [0.2, 0.25) is 0 Å². The monoisotopic (exact) mass is 437 g/mol. The number of hydrogen-bond acceptors (Lipinski definition) is 5. The fourth-order valence-electron chi connectivity index (χ4n) is 4.47. The second-order valence-corrected chi connectivity index (χ2v) is 9.31. The zero-order chi connectivity index (χ0) is 22.0. The van der Waals surface area contributed by atoms with Gasteiger partial charge in [-0.25, -0.2) is 0 Å². The number of piperazine rings is 1. The Morgan fingerprint density at radius 3 is 2.32 bits per heavy atom. The molecule has 0 N–H and O–H groups in total. The summed E-state index contributed by atoms with van der Waals surface area (Å²) in [6, 6.07) is 10.3. The minimum absolute atomic E-state index is 0.121. The molecular weight excluding hydrogens is 406 g/mol. The Kier molecular flexibility index (Phi) is 6.46. The van der Waals surface area contributed by atoms with Crippen molar-refractivity contribution in [1.82, 2.24) is 9.80 Å². The summed E-state index contributed by atoms with van der Waals surface area (Å²) in [4.78, 5) is 33.5. The summed E-state index contributed by atoms with van der Waals surface area (Å²) in [6.07, 6.45) is 2.95. The molecule has 1 aromatic carbocycles. The van der Waals surface area contributed by atoms with Gasteiger partial charge in [-0.15, -0.1) is 11.3 Å². The normalized spacial score (nSPS) is 17.3. The molecule has 1 fully saturated rings. The molecule has 0 aliphatic carbocycles. The maximum Gasteiger partial charge on any atom is 0.277 e. The summed E-state index contributed by atoms with van der Waals surface area (Å²) in [6.45, 7) is 10.1. The smallest absolute Gasteiger partial charge is 0.277 e. The topological polar surface area (TPSA) is 43.9 Å². The van der Waals surface area contributed by atoms with Crippen LogP contribution in [0.15, 0.2) is 41.4 Å². The summed E-state index contributed by atoms with van der Waals surface area (Å²) >= 11 is 1.53. The van der Waals surface area contributed by atoms with E-state index in [2.05, 4.69) is 48.8 Å². The summed E-state index contributed by atoms with van der Waals surface area (Å²) in [7, 11) is 0. The summed E-state index contributed by atoms with van der Waals surface area (Å²) in [5, 5.41) is 1.97. The number of rotatable bonds is 7. The van der Waals surface area contributed by atoms with Crippen LogP contribution in [0.5, 0.6) is 0 Å². The van der Waals surface area contributed by atoms with E-state index >= 15 is 0 Å². The molecule has 0 unspecified atom stereocenters. The summed E-state index contributed by atoms with van der Waals surface area (Å²) in [5.41, 5.74) is 5.06. The Bertz CT molecular complexity index is 988. The van der Waals surface area contributed by atoms with Crippen molar-refractivity contribution < 1.29 is 9.59 Å². The number of thiophene rings is 1. The van der Waals surface area contributed by atoms with E-state index in [0.29, 0.717) is 17.8 Å². The van der Waals surface area contributed by atoms with Gasteiger partial charge < -0.3 is 9.80 Å². The minimum atomic E-state index is -0.129. The third-order valence-corrected chi connectivity index (χ3v) is 7.30. The van der Waals surface area contributed by atoms with Gasteiger partial charge in [0.2, 0.25) is 0 Å². The van der Waals surface area contributed by atoms with E-state index in [0.717, 1.165) is 50.3 Å². The van der Waals surface area contributed by atoms with Gasteiger partial charge in [0.1, 0.15) is 5.70 Å². The highest BCUT2D eigenvalue weighted by Gasteiger charge is 2.42. The molecule has 2 aliphatic rings. The van der Waals surface area contributed by atoms with E-state index in [1.54, 1.807) is 0 Å². The second-order valence-electron chi connectivity index (χ2n) is 8.36. The van der Waals surface area contributed by atoms with Crippen LogP contribution in [0.4, 0.5) is 5.69 Å². The first-order valence-electron chi connectivity index (χ1n) is 11.2. The molecular formula is C25H31N3O2S. The van der Waals surface area contributed by atoms with Gasteiger partial charge in [-0.2, -0.15) is 0 Å². The fraction of sp³-hybridized carbons (Fsp3) is 0.440. The molecule has 164 valence electrons. The first kappa shape index (κ1) is 21.6. The predicted octanol–water partition coefficient (Wildman–Crippen LogP) is 4.46. The number of anilines is 1. The Hall–Kier alpha value is -2.60. The molecule has 4 rings (SSSR count). The van der Waals surface area contributed by atoms with Gasteiger partial charge in [0.05, 0.1) is 5.57 Å². The number of hydrogen-bond donors (Lipinski definition) is 0. The van der Waals surface area contributed by atoms with Gasteiger partial charge in [0, 0.05) is 43.3 Å². The van der Waals surface area contributed by atoms with Crippen molar-refractivity contribution in [3.8, 4) is 0 Å². The molecule has 2 aliphatic heterocycles. The third-order valence-electron chi connectivity index (χ3n) is 6.41. The van der Waals surface area contributed by atoms with Crippen molar-refractivity contribution in [2.24, 2.45) is 0 Å². The van der Waals surface area contributed by atoms with Crippen LogP contribution < -0.4 is 4.90 Å². The van der Waals surface area contributed by atoms with Crippen LogP contribution in [-0.4, -0.2) is 54.3 Å². The Balaban J connectivity index is 1.57. The molecule has 5 nitrogen and oxygen atoms in total.